The Labute approximate surface area is 212 Å². The monoisotopic (exact) mass is 499 g/mol. The van der Waals surface area contributed by atoms with E-state index in [1.165, 1.54) is 49.3 Å². The zero-order valence-corrected chi connectivity index (χ0v) is 21.8. The lowest BCUT2D eigenvalue weighted by molar-refractivity contribution is -0.154. The number of carbonyl (C=O) groups excluding carboxylic acids is 1. The molecule has 1 aromatic heterocycles. The first-order chi connectivity index (χ1) is 17.3. The van der Waals surface area contributed by atoms with Gasteiger partial charge in [0, 0.05) is 13.0 Å². The topological polar surface area (TPSA) is 57.0 Å². The Morgan fingerprint density at radius 2 is 1.94 bits per heavy atom. The van der Waals surface area contributed by atoms with Crippen LogP contribution in [0.15, 0.2) is 12.1 Å². The lowest BCUT2D eigenvalue weighted by Crippen LogP contribution is -2.56. The Bertz CT molecular complexity index is 1170. The van der Waals surface area contributed by atoms with E-state index in [1.807, 2.05) is 7.11 Å². The second-order valence-electron chi connectivity index (χ2n) is 12.8. The van der Waals surface area contributed by atoms with Gasteiger partial charge < -0.3 is 4.74 Å². The summed E-state index contributed by atoms with van der Waals surface area (Å²) in [4.78, 5) is 13.7. The number of rotatable bonds is 5. The molecule has 4 fully saturated rings. The number of fused-ring (bicyclic) bond motifs is 6. The standard InChI is InChI=1S/C29H39F2N3O2/c1-17-10-13-29(16-36-3)18(14-17)4-5-19-20-6-7-22(28(20,2)12-11-21(19)29)25(35)15-34-24-9-8-23(30)26(31)27(24)32-33-34/h8-9,17-22H,4-7,10-16H2,1-3H3/t17-,18?,19-,20?,21?,22?,28-,29?/m0/s1. The van der Waals surface area contributed by atoms with Gasteiger partial charge in [0.25, 0.3) is 0 Å². The van der Waals surface area contributed by atoms with Crippen LogP contribution in [0.25, 0.3) is 11.0 Å². The van der Waals surface area contributed by atoms with E-state index in [2.05, 4.69) is 24.2 Å². The number of halogens is 2. The largest absolute Gasteiger partial charge is 0.384 e. The van der Waals surface area contributed by atoms with E-state index < -0.39 is 11.6 Å². The first kappa shape index (κ1) is 24.4. The molecule has 0 radical (unpaired) electrons. The van der Waals surface area contributed by atoms with E-state index in [0.29, 0.717) is 28.7 Å². The number of aromatic nitrogens is 3. The highest BCUT2D eigenvalue weighted by Crippen LogP contribution is 2.68. The summed E-state index contributed by atoms with van der Waals surface area (Å²) in [5.41, 5.74) is 0.569. The van der Waals surface area contributed by atoms with Crippen LogP contribution in [-0.4, -0.2) is 34.5 Å². The normalized spacial score (nSPS) is 40.0. The molecule has 5 nitrogen and oxygen atoms in total. The van der Waals surface area contributed by atoms with E-state index in [1.54, 1.807) is 0 Å². The number of nitrogens with zero attached hydrogens (tertiary/aromatic N) is 3. The van der Waals surface area contributed by atoms with Crippen molar-refractivity contribution in [2.45, 2.75) is 78.2 Å². The molecule has 4 aliphatic rings. The lowest BCUT2D eigenvalue weighted by Gasteiger charge is -2.61. The van der Waals surface area contributed by atoms with E-state index in [-0.39, 0.29) is 29.2 Å². The van der Waals surface area contributed by atoms with Crippen molar-refractivity contribution >= 4 is 16.8 Å². The van der Waals surface area contributed by atoms with Gasteiger partial charge in [-0.25, -0.2) is 13.5 Å². The van der Waals surface area contributed by atoms with Gasteiger partial charge in [0.2, 0.25) is 0 Å². The van der Waals surface area contributed by atoms with Crippen molar-refractivity contribution in [3.05, 3.63) is 23.8 Å². The second kappa shape index (κ2) is 8.85. The second-order valence-corrected chi connectivity index (χ2v) is 12.8. The molecular formula is C29H39F2N3O2. The number of ether oxygens (including phenoxy) is 1. The van der Waals surface area contributed by atoms with Crippen LogP contribution in [0.5, 0.6) is 0 Å². The maximum absolute atomic E-state index is 14.1. The van der Waals surface area contributed by atoms with Gasteiger partial charge in [-0.15, -0.1) is 5.10 Å². The predicted octanol–water partition coefficient (Wildman–Crippen LogP) is 6.20. The molecule has 196 valence electrons. The van der Waals surface area contributed by atoms with Crippen molar-refractivity contribution in [3.63, 3.8) is 0 Å². The number of hydrogen-bond acceptors (Lipinski definition) is 4. The van der Waals surface area contributed by atoms with Gasteiger partial charge in [-0.3, -0.25) is 4.79 Å². The molecule has 4 saturated carbocycles. The van der Waals surface area contributed by atoms with Crippen LogP contribution >= 0.6 is 0 Å². The van der Waals surface area contributed by atoms with E-state index in [4.69, 9.17) is 4.74 Å². The van der Waals surface area contributed by atoms with Crippen LogP contribution in [0.1, 0.15) is 71.6 Å². The summed E-state index contributed by atoms with van der Waals surface area (Å²) >= 11 is 0. The third-order valence-corrected chi connectivity index (χ3v) is 11.3. The summed E-state index contributed by atoms with van der Waals surface area (Å²) in [5, 5.41) is 7.82. The molecule has 0 saturated heterocycles. The molecule has 0 bridgehead atoms. The highest BCUT2D eigenvalue weighted by atomic mass is 19.2. The van der Waals surface area contributed by atoms with Crippen LogP contribution in [-0.2, 0) is 16.1 Å². The summed E-state index contributed by atoms with van der Waals surface area (Å²) in [7, 11) is 1.87. The fourth-order valence-electron chi connectivity index (χ4n) is 9.70. The van der Waals surface area contributed by atoms with E-state index >= 15 is 0 Å². The smallest absolute Gasteiger partial charge is 0.188 e. The summed E-state index contributed by atoms with van der Waals surface area (Å²) < 4.78 is 35.1. The summed E-state index contributed by atoms with van der Waals surface area (Å²) in [6.45, 7) is 5.72. The SMILES string of the molecule is COCC12CC[C@H](C)CC1CC[C@@H]1C2CC[C@]2(C)C(C(=O)Cn3nnc4c(F)c(F)ccc43)CCC12. The zero-order chi connectivity index (χ0) is 25.2. The minimum Gasteiger partial charge on any atom is -0.384 e. The van der Waals surface area contributed by atoms with Crippen molar-refractivity contribution in [3.8, 4) is 0 Å². The van der Waals surface area contributed by atoms with Gasteiger partial charge in [-0.1, -0.05) is 25.5 Å². The number of carbonyl (C=O) groups is 1. The van der Waals surface area contributed by atoms with Gasteiger partial charge in [-0.05, 0) is 104 Å². The quantitative estimate of drug-likeness (QED) is 0.492. The Balaban J connectivity index is 1.24. The molecule has 5 unspecified atom stereocenters. The molecule has 2 aromatic rings. The molecule has 1 aromatic carbocycles. The maximum Gasteiger partial charge on any atom is 0.188 e. The van der Waals surface area contributed by atoms with E-state index in [0.717, 1.165) is 43.8 Å². The fraction of sp³-hybridized carbons (Fsp3) is 0.759. The summed E-state index contributed by atoms with van der Waals surface area (Å²) in [6.07, 6.45) is 10.8. The Hall–Kier alpha value is -1.89. The number of benzene rings is 1. The average Bonchev–Trinajstić information content (AvgIpc) is 3.42. The van der Waals surface area contributed by atoms with E-state index in [9.17, 15) is 13.6 Å². The molecule has 8 atom stereocenters. The lowest BCUT2D eigenvalue weighted by atomic mass is 9.44. The van der Waals surface area contributed by atoms with Crippen LogP contribution in [0.4, 0.5) is 8.78 Å². The summed E-state index contributed by atoms with van der Waals surface area (Å²) in [5.74, 6) is 1.72. The molecule has 6 rings (SSSR count). The van der Waals surface area contributed by atoms with Crippen molar-refractivity contribution in [1.29, 1.82) is 0 Å². The first-order valence-electron chi connectivity index (χ1n) is 14.0. The van der Waals surface area contributed by atoms with Gasteiger partial charge in [0.15, 0.2) is 22.9 Å². The molecule has 0 spiro atoms. The average molecular weight is 500 g/mol. The molecule has 7 heteroatoms. The van der Waals surface area contributed by atoms with Gasteiger partial charge in [-0.2, -0.15) is 0 Å². The minimum atomic E-state index is -1.00. The third kappa shape index (κ3) is 3.51. The summed E-state index contributed by atoms with van der Waals surface area (Å²) in [6, 6.07) is 2.54. The number of hydrogen-bond donors (Lipinski definition) is 0. The Morgan fingerprint density at radius 3 is 2.75 bits per heavy atom. The molecular weight excluding hydrogens is 460 g/mol. The van der Waals surface area contributed by atoms with Crippen LogP contribution in [0, 0.1) is 58.0 Å². The highest BCUT2D eigenvalue weighted by Gasteiger charge is 2.62. The van der Waals surface area contributed by atoms with Gasteiger partial charge in [0.1, 0.15) is 6.54 Å². The molecule has 0 N–H and O–H groups in total. The highest BCUT2D eigenvalue weighted by molar-refractivity contribution is 5.84. The van der Waals surface area contributed by atoms with Crippen LogP contribution in [0.2, 0.25) is 0 Å². The van der Waals surface area contributed by atoms with Crippen molar-refractivity contribution in [2.75, 3.05) is 13.7 Å². The molecule has 0 aliphatic heterocycles. The number of ketones is 1. The number of Topliss-reactive ketones (excluding diaryl/α,β-unsaturated/α-hetero) is 1. The first-order valence-corrected chi connectivity index (χ1v) is 14.0. The minimum absolute atomic E-state index is 0.00491. The predicted molar refractivity (Wildman–Crippen MR) is 133 cm³/mol. The Morgan fingerprint density at radius 1 is 1.11 bits per heavy atom. The molecule has 4 aliphatic carbocycles. The van der Waals surface area contributed by atoms with Crippen molar-refractivity contribution < 1.29 is 18.3 Å². The van der Waals surface area contributed by atoms with Gasteiger partial charge in [0.05, 0.1) is 12.1 Å². The molecule has 0 amide bonds. The van der Waals surface area contributed by atoms with Crippen molar-refractivity contribution in [1.82, 2.24) is 15.0 Å². The number of methoxy groups -OCH3 is 1. The Kier molecular flexibility index (Phi) is 6.01. The third-order valence-electron chi connectivity index (χ3n) is 11.3. The molecule has 36 heavy (non-hydrogen) atoms. The maximum atomic E-state index is 14.1. The fourth-order valence-corrected chi connectivity index (χ4v) is 9.70. The molecule has 1 heterocycles. The van der Waals surface area contributed by atoms with Gasteiger partial charge >= 0.3 is 0 Å². The van der Waals surface area contributed by atoms with Crippen molar-refractivity contribution in [2.24, 2.45) is 46.3 Å². The zero-order valence-electron chi connectivity index (χ0n) is 21.8. The van der Waals surface area contributed by atoms with Crippen LogP contribution < -0.4 is 0 Å². The van der Waals surface area contributed by atoms with Crippen LogP contribution in [0.3, 0.4) is 0 Å².